The first-order chi connectivity index (χ1) is 14.6. The Bertz CT molecular complexity index is 948. The summed E-state index contributed by atoms with van der Waals surface area (Å²) in [4.78, 5) is 17.4. The summed E-state index contributed by atoms with van der Waals surface area (Å²) in [6, 6.07) is 5.94. The number of carbonyl (C=O) groups is 1. The van der Waals surface area contributed by atoms with E-state index in [-0.39, 0.29) is 11.7 Å². The summed E-state index contributed by atoms with van der Waals surface area (Å²) in [7, 11) is 1.21. The normalized spacial score (nSPS) is 22.5. The second-order valence-corrected chi connectivity index (χ2v) is 8.22. The molecule has 0 bridgehead atoms. The SMILES string of the molecule is CCc1ccc(NC(=O)[C@H]2OC(C)(C)[C@H](C)[C@@H]2c2ccc(F)c(C(F)F)c2OC)cn1. The number of pyridine rings is 1. The molecular weight excluding hydrogens is 409 g/mol. The molecule has 8 heteroatoms. The number of ether oxygens (including phenoxy) is 2. The number of nitrogens with one attached hydrogen (secondary N) is 1. The number of rotatable bonds is 6. The van der Waals surface area contributed by atoms with Crippen LogP contribution in [0.5, 0.6) is 5.75 Å². The summed E-state index contributed by atoms with van der Waals surface area (Å²) >= 11 is 0. The predicted molar refractivity (Wildman–Crippen MR) is 111 cm³/mol. The first-order valence-corrected chi connectivity index (χ1v) is 10.2. The van der Waals surface area contributed by atoms with E-state index in [0.717, 1.165) is 18.2 Å². The van der Waals surface area contributed by atoms with E-state index in [1.165, 1.54) is 13.2 Å². The Morgan fingerprint density at radius 3 is 2.55 bits per heavy atom. The van der Waals surface area contributed by atoms with Gasteiger partial charge in [0.05, 0.1) is 30.2 Å². The summed E-state index contributed by atoms with van der Waals surface area (Å²) in [5.41, 5.74) is 0.174. The summed E-state index contributed by atoms with van der Waals surface area (Å²) in [5, 5.41) is 2.79. The van der Waals surface area contributed by atoms with E-state index in [1.807, 2.05) is 33.8 Å². The minimum atomic E-state index is -3.06. The number of carbonyl (C=O) groups excluding carboxylic acids is 1. The van der Waals surface area contributed by atoms with Crippen LogP contribution in [0.1, 0.15) is 56.9 Å². The van der Waals surface area contributed by atoms with Crippen LogP contribution in [0.3, 0.4) is 0 Å². The Morgan fingerprint density at radius 2 is 2.00 bits per heavy atom. The van der Waals surface area contributed by atoms with Gasteiger partial charge in [0.25, 0.3) is 12.3 Å². The van der Waals surface area contributed by atoms with Crippen molar-refractivity contribution in [2.45, 2.75) is 58.2 Å². The largest absolute Gasteiger partial charge is 0.496 e. The monoisotopic (exact) mass is 436 g/mol. The molecule has 2 aromatic rings. The van der Waals surface area contributed by atoms with Gasteiger partial charge in [-0.2, -0.15) is 0 Å². The summed E-state index contributed by atoms with van der Waals surface area (Å²) < 4.78 is 52.5. The molecule has 0 saturated carbocycles. The van der Waals surface area contributed by atoms with Gasteiger partial charge in [0, 0.05) is 17.2 Å². The van der Waals surface area contributed by atoms with Crippen LogP contribution in [0.2, 0.25) is 0 Å². The Balaban J connectivity index is 2.00. The summed E-state index contributed by atoms with van der Waals surface area (Å²) in [6.07, 6.45) is -1.72. The van der Waals surface area contributed by atoms with Gasteiger partial charge in [-0.25, -0.2) is 13.2 Å². The van der Waals surface area contributed by atoms with Crippen LogP contribution in [0.4, 0.5) is 18.9 Å². The fourth-order valence-electron chi connectivity index (χ4n) is 4.06. The lowest BCUT2D eigenvalue weighted by Gasteiger charge is -2.26. The third-order valence-corrected chi connectivity index (χ3v) is 6.06. The molecular formula is C23H27F3N2O3. The number of amides is 1. The minimum absolute atomic E-state index is 0.242. The zero-order valence-corrected chi connectivity index (χ0v) is 18.2. The molecule has 31 heavy (non-hydrogen) atoms. The van der Waals surface area contributed by atoms with Crippen molar-refractivity contribution in [1.29, 1.82) is 0 Å². The molecule has 0 unspecified atom stereocenters. The highest BCUT2D eigenvalue weighted by atomic mass is 19.3. The molecule has 1 aliphatic rings. The van der Waals surface area contributed by atoms with Gasteiger partial charge in [-0.1, -0.05) is 19.9 Å². The van der Waals surface area contributed by atoms with Gasteiger partial charge in [-0.15, -0.1) is 0 Å². The van der Waals surface area contributed by atoms with E-state index >= 15 is 0 Å². The number of anilines is 1. The third-order valence-electron chi connectivity index (χ3n) is 6.06. The topological polar surface area (TPSA) is 60.5 Å². The molecule has 1 aliphatic heterocycles. The number of halogens is 3. The number of alkyl halides is 2. The summed E-state index contributed by atoms with van der Waals surface area (Å²) in [6.45, 7) is 7.52. The van der Waals surface area contributed by atoms with Crippen LogP contribution in [0.15, 0.2) is 30.5 Å². The second kappa shape index (κ2) is 8.86. The molecule has 1 N–H and O–H groups in total. The molecule has 168 valence electrons. The lowest BCUT2D eigenvalue weighted by atomic mass is 9.77. The standard InChI is InChI=1S/C23H27F3N2O3/c1-6-13-7-8-14(11-27-13)28-22(29)20-17(12(2)23(3,4)31-20)15-9-10-16(24)18(21(25)26)19(15)30-5/h7-12,17,20-21H,6H2,1-5H3,(H,28,29)/t12-,17-,20+/m1/s1. The number of hydrogen-bond donors (Lipinski definition) is 1. The molecule has 1 aromatic carbocycles. The molecule has 3 rings (SSSR count). The van der Waals surface area contributed by atoms with E-state index < -0.39 is 41.3 Å². The van der Waals surface area contributed by atoms with Crippen molar-refractivity contribution < 1.29 is 27.4 Å². The van der Waals surface area contributed by atoms with Gasteiger partial charge < -0.3 is 14.8 Å². The minimum Gasteiger partial charge on any atom is -0.496 e. The number of benzene rings is 1. The van der Waals surface area contributed by atoms with Crippen LogP contribution in [-0.2, 0) is 16.0 Å². The number of nitrogens with zero attached hydrogens (tertiary/aromatic N) is 1. The number of aryl methyl sites for hydroxylation is 1. The van der Waals surface area contributed by atoms with Gasteiger partial charge in [0.2, 0.25) is 0 Å². The fourth-order valence-corrected chi connectivity index (χ4v) is 4.06. The Morgan fingerprint density at radius 1 is 1.29 bits per heavy atom. The molecule has 2 heterocycles. The highest BCUT2D eigenvalue weighted by Gasteiger charge is 2.51. The van der Waals surface area contributed by atoms with Crippen LogP contribution in [0, 0.1) is 11.7 Å². The van der Waals surface area contributed by atoms with Crippen molar-refractivity contribution in [3.05, 3.63) is 53.1 Å². The van der Waals surface area contributed by atoms with E-state index in [9.17, 15) is 18.0 Å². The Hall–Kier alpha value is -2.61. The maximum absolute atomic E-state index is 14.1. The summed E-state index contributed by atoms with van der Waals surface area (Å²) in [5.74, 6) is -2.59. The van der Waals surface area contributed by atoms with Crippen LogP contribution in [0.25, 0.3) is 0 Å². The van der Waals surface area contributed by atoms with Crippen LogP contribution < -0.4 is 10.1 Å². The van der Waals surface area contributed by atoms with E-state index in [0.29, 0.717) is 11.3 Å². The van der Waals surface area contributed by atoms with Crippen molar-refractivity contribution in [3.63, 3.8) is 0 Å². The molecule has 0 aliphatic carbocycles. The second-order valence-electron chi connectivity index (χ2n) is 8.22. The first kappa shape index (κ1) is 23.1. The molecule has 1 amide bonds. The first-order valence-electron chi connectivity index (χ1n) is 10.2. The lowest BCUT2D eigenvalue weighted by molar-refractivity contribution is -0.131. The molecule has 5 nitrogen and oxygen atoms in total. The van der Waals surface area contributed by atoms with Crippen molar-refractivity contribution in [2.24, 2.45) is 5.92 Å². The average molecular weight is 436 g/mol. The molecule has 3 atom stereocenters. The van der Waals surface area contributed by atoms with Crippen molar-refractivity contribution in [1.82, 2.24) is 4.98 Å². The van der Waals surface area contributed by atoms with Crippen molar-refractivity contribution in [3.8, 4) is 5.75 Å². The number of hydrogen-bond acceptors (Lipinski definition) is 4. The molecule has 0 radical (unpaired) electrons. The third kappa shape index (κ3) is 4.39. The maximum Gasteiger partial charge on any atom is 0.270 e. The van der Waals surface area contributed by atoms with Crippen LogP contribution >= 0.6 is 0 Å². The number of aromatic nitrogens is 1. The highest BCUT2D eigenvalue weighted by molar-refractivity contribution is 5.95. The molecule has 1 saturated heterocycles. The highest BCUT2D eigenvalue weighted by Crippen LogP contribution is 2.50. The Kier molecular flexibility index (Phi) is 6.59. The Labute approximate surface area is 180 Å². The molecule has 1 aromatic heterocycles. The van der Waals surface area contributed by atoms with E-state index in [2.05, 4.69) is 10.3 Å². The fraction of sp³-hybridized carbons (Fsp3) is 0.478. The van der Waals surface area contributed by atoms with Gasteiger partial charge in [0.15, 0.2) is 0 Å². The predicted octanol–water partition coefficient (Wildman–Crippen LogP) is 5.27. The molecule has 1 fully saturated rings. The molecule has 0 spiro atoms. The number of methoxy groups -OCH3 is 1. The van der Waals surface area contributed by atoms with E-state index in [1.54, 1.807) is 12.3 Å². The van der Waals surface area contributed by atoms with Crippen LogP contribution in [-0.4, -0.2) is 29.7 Å². The van der Waals surface area contributed by atoms with E-state index in [4.69, 9.17) is 9.47 Å². The van der Waals surface area contributed by atoms with Gasteiger partial charge in [-0.3, -0.25) is 9.78 Å². The van der Waals surface area contributed by atoms with Crippen molar-refractivity contribution >= 4 is 11.6 Å². The van der Waals surface area contributed by atoms with Crippen molar-refractivity contribution in [2.75, 3.05) is 12.4 Å². The van der Waals surface area contributed by atoms with Gasteiger partial charge in [0.1, 0.15) is 17.7 Å². The van der Waals surface area contributed by atoms with Gasteiger partial charge >= 0.3 is 0 Å². The zero-order valence-electron chi connectivity index (χ0n) is 18.2. The van der Waals surface area contributed by atoms with Gasteiger partial charge in [-0.05, 0) is 44.4 Å². The quantitative estimate of drug-likeness (QED) is 0.671. The maximum atomic E-state index is 14.1. The average Bonchev–Trinajstić information content (AvgIpc) is 2.97. The zero-order chi connectivity index (χ0) is 22.9. The lowest BCUT2D eigenvalue weighted by Crippen LogP contribution is -2.33. The smallest absolute Gasteiger partial charge is 0.270 e.